The van der Waals surface area contributed by atoms with Gasteiger partial charge in [0.05, 0.1) is 6.61 Å². The normalized spacial score (nSPS) is 22.2. The van der Waals surface area contributed by atoms with E-state index in [1.54, 1.807) is 6.92 Å². The fraction of sp³-hybridized carbons (Fsp3) is 0.500. The quantitative estimate of drug-likeness (QED) is 0.467. The lowest BCUT2D eigenvalue weighted by Gasteiger charge is -2.06. The van der Waals surface area contributed by atoms with Crippen molar-refractivity contribution in [2.75, 3.05) is 6.61 Å². The smallest absolute Gasteiger partial charge is 0.328 e. The van der Waals surface area contributed by atoms with Gasteiger partial charge in [-0.15, -0.1) is 0 Å². The number of rotatable bonds is 2. The molecular weight excluding hydrogens is 158 g/mol. The molecule has 1 aliphatic rings. The maximum atomic E-state index is 11.1. The molecule has 1 N–H and O–H groups in total. The van der Waals surface area contributed by atoms with Crippen LogP contribution < -0.4 is 5.32 Å². The molecule has 12 heavy (non-hydrogen) atoms. The zero-order chi connectivity index (χ0) is 9.14. The van der Waals surface area contributed by atoms with Crippen molar-refractivity contribution < 1.29 is 14.3 Å². The number of esters is 1. The fourth-order valence-electron chi connectivity index (χ4n) is 1.04. The van der Waals surface area contributed by atoms with Gasteiger partial charge < -0.3 is 10.1 Å². The average molecular weight is 169 g/mol. The van der Waals surface area contributed by atoms with Crippen LogP contribution >= 0.6 is 0 Å². The molecule has 4 nitrogen and oxygen atoms in total. The first kappa shape index (κ1) is 8.77. The van der Waals surface area contributed by atoms with Crippen molar-refractivity contribution in [3.8, 4) is 0 Å². The molecule has 0 unspecified atom stereocenters. The van der Waals surface area contributed by atoms with E-state index >= 15 is 0 Å². The van der Waals surface area contributed by atoms with Crippen LogP contribution in [0.1, 0.15) is 13.3 Å². The minimum atomic E-state index is -0.523. The first-order chi connectivity index (χ1) is 5.65. The molecule has 0 saturated carbocycles. The Bertz CT molecular complexity index is 218. The van der Waals surface area contributed by atoms with Crippen LogP contribution in [0.25, 0.3) is 0 Å². The predicted octanol–water partition coefficient (Wildman–Crippen LogP) is -0.00580. The summed E-state index contributed by atoms with van der Waals surface area (Å²) >= 11 is 0. The summed E-state index contributed by atoms with van der Waals surface area (Å²) in [5, 5.41) is 2.48. The van der Waals surface area contributed by atoms with Gasteiger partial charge in [0.1, 0.15) is 6.04 Å². The molecule has 0 aliphatic carbocycles. The fourth-order valence-corrected chi connectivity index (χ4v) is 1.04. The summed E-state index contributed by atoms with van der Waals surface area (Å²) < 4.78 is 4.73. The summed E-state index contributed by atoms with van der Waals surface area (Å²) in [6.07, 6.45) is 0.359. The Morgan fingerprint density at radius 3 is 2.92 bits per heavy atom. The van der Waals surface area contributed by atoms with Gasteiger partial charge in [-0.25, -0.2) is 4.79 Å². The van der Waals surface area contributed by atoms with E-state index in [1.807, 2.05) is 0 Å². The van der Waals surface area contributed by atoms with E-state index in [2.05, 4.69) is 11.9 Å². The molecule has 0 spiro atoms. The first-order valence-electron chi connectivity index (χ1n) is 3.80. The number of carbonyl (C=O) groups is 2. The van der Waals surface area contributed by atoms with E-state index in [-0.39, 0.29) is 11.9 Å². The van der Waals surface area contributed by atoms with Crippen molar-refractivity contribution in [1.29, 1.82) is 0 Å². The highest BCUT2D eigenvalue weighted by Gasteiger charge is 2.30. The maximum Gasteiger partial charge on any atom is 0.328 e. The number of hydrogen-bond donors (Lipinski definition) is 1. The molecular formula is C8H11NO3. The van der Waals surface area contributed by atoms with Crippen LogP contribution in [0.15, 0.2) is 12.2 Å². The van der Waals surface area contributed by atoms with Crippen LogP contribution in [-0.2, 0) is 14.3 Å². The van der Waals surface area contributed by atoms with Gasteiger partial charge >= 0.3 is 5.97 Å². The summed E-state index contributed by atoms with van der Waals surface area (Å²) in [5.41, 5.74) is 0.438. The van der Waals surface area contributed by atoms with E-state index in [0.717, 1.165) is 0 Å². The molecule has 0 aromatic carbocycles. The Labute approximate surface area is 70.6 Å². The van der Waals surface area contributed by atoms with Crippen LogP contribution in [-0.4, -0.2) is 24.5 Å². The summed E-state index contributed by atoms with van der Waals surface area (Å²) in [6.45, 7) is 5.56. The van der Waals surface area contributed by atoms with E-state index in [4.69, 9.17) is 4.74 Å². The highest BCUT2D eigenvalue weighted by atomic mass is 16.5. The molecule has 0 aromatic rings. The van der Waals surface area contributed by atoms with Crippen molar-refractivity contribution >= 4 is 11.9 Å². The Morgan fingerprint density at radius 2 is 2.50 bits per heavy atom. The third kappa shape index (κ3) is 1.64. The van der Waals surface area contributed by atoms with E-state index < -0.39 is 6.04 Å². The van der Waals surface area contributed by atoms with Crippen molar-refractivity contribution in [1.82, 2.24) is 5.32 Å². The van der Waals surface area contributed by atoms with Gasteiger partial charge in [-0.1, -0.05) is 6.58 Å². The Kier molecular flexibility index (Phi) is 2.47. The second kappa shape index (κ2) is 3.38. The van der Waals surface area contributed by atoms with Crippen LogP contribution in [0.5, 0.6) is 0 Å². The van der Waals surface area contributed by atoms with Crippen molar-refractivity contribution in [3.05, 3.63) is 12.2 Å². The van der Waals surface area contributed by atoms with Gasteiger partial charge in [0.15, 0.2) is 0 Å². The lowest BCUT2D eigenvalue weighted by Crippen LogP contribution is -2.34. The zero-order valence-corrected chi connectivity index (χ0v) is 6.92. The molecule has 66 valence electrons. The maximum absolute atomic E-state index is 11.1. The number of amides is 1. The number of ether oxygens (including phenoxy) is 1. The third-order valence-corrected chi connectivity index (χ3v) is 1.65. The summed E-state index contributed by atoms with van der Waals surface area (Å²) in [5.74, 6) is -0.641. The van der Waals surface area contributed by atoms with Crippen LogP contribution in [0, 0.1) is 0 Å². The molecule has 0 bridgehead atoms. The van der Waals surface area contributed by atoms with Crippen LogP contribution in [0.2, 0.25) is 0 Å². The monoisotopic (exact) mass is 169 g/mol. The highest BCUT2D eigenvalue weighted by Crippen LogP contribution is 2.12. The molecule has 0 aromatic heterocycles. The molecule has 1 atom stereocenters. The summed E-state index contributed by atoms with van der Waals surface area (Å²) in [4.78, 5) is 21.9. The van der Waals surface area contributed by atoms with Gasteiger partial charge in [0.25, 0.3) is 0 Å². The molecule has 1 saturated heterocycles. The van der Waals surface area contributed by atoms with Gasteiger partial charge in [-0.3, -0.25) is 4.79 Å². The molecule has 1 heterocycles. The van der Waals surface area contributed by atoms with Crippen LogP contribution in [0.3, 0.4) is 0 Å². The molecule has 1 aliphatic heterocycles. The van der Waals surface area contributed by atoms with E-state index in [9.17, 15) is 9.59 Å². The largest absolute Gasteiger partial charge is 0.464 e. The van der Waals surface area contributed by atoms with Crippen LogP contribution in [0.4, 0.5) is 0 Å². The Morgan fingerprint density at radius 1 is 1.83 bits per heavy atom. The standard InChI is InChI=1S/C8H11NO3/c1-3-12-8(11)6-4-5(2)7(10)9-6/h6H,2-4H2,1H3,(H,9,10)/t6-/m0/s1. The second-order valence-corrected chi connectivity index (χ2v) is 2.59. The van der Waals surface area contributed by atoms with Gasteiger partial charge in [0, 0.05) is 12.0 Å². The molecule has 1 fully saturated rings. The summed E-state index contributed by atoms with van der Waals surface area (Å²) in [6, 6.07) is -0.523. The average Bonchev–Trinajstić information content (AvgIpc) is 2.33. The van der Waals surface area contributed by atoms with E-state index in [1.165, 1.54) is 0 Å². The molecule has 0 radical (unpaired) electrons. The number of hydrogen-bond acceptors (Lipinski definition) is 3. The van der Waals surface area contributed by atoms with Crippen molar-refractivity contribution in [2.45, 2.75) is 19.4 Å². The molecule has 1 amide bonds. The minimum absolute atomic E-state index is 0.256. The minimum Gasteiger partial charge on any atom is -0.464 e. The second-order valence-electron chi connectivity index (χ2n) is 2.59. The highest BCUT2D eigenvalue weighted by molar-refractivity contribution is 6.00. The van der Waals surface area contributed by atoms with Gasteiger partial charge in [0.2, 0.25) is 5.91 Å². The number of nitrogens with one attached hydrogen (secondary N) is 1. The number of carbonyl (C=O) groups excluding carboxylic acids is 2. The molecule has 1 rings (SSSR count). The zero-order valence-electron chi connectivity index (χ0n) is 6.92. The van der Waals surface area contributed by atoms with E-state index in [0.29, 0.717) is 18.6 Å². The van der Waals surface area contributed by atoms with Gasteiger partial charge in [-0.05, 0) is 6.92 Å². The summed E-state index contributed by atoms with van der Waals surface area (Å²) in [7, 11) is 0. The van der Waals surface area contributed by atoms with Gasteiger partial charge in [-0.2, -0.15) is 0 Å². The predicted molar refractivity (Wildman–Crippen MR) is 42.3 cm³/mol. The topological polar surface area (TPSA) is 55.4 Å². The van der Waals surface area contributed by atoms with Crippen molar-refractivity contribution in [2.24, 2.45) is 0 Å². The molecule has 4 heteroatoms. The van der Waals surface area contributed by atoms with Crippen molar-refractivity contribution in [3.63, 3.8) is 0 Å². The Hall–Kier alpha value is -1.32. The Balaban J connectivity index is 2.51. The first-order valence-corrected chi connectivity index (χ1v) is 3.80. The lowest BCUT2D eigenvalue weighted by atomic mass is 10.2. The SMILES string of the molecule is C=C1C[C@@H](C(=O)OCC)NC1=O. The third-order valence-electron chi connectivity index (χ3n) is 1.65. The lowest BCUT2D eigenvalue weighted by molar-refractivity contribution is -0.145.